The number of hydrogen-bond donors (Lipinski definition) is 3. The lowest BCUT2D eigenvalue weighted by Gasteiger charge is -2.26. The molecule has 0 bridgehead atoms. The molecule has 0 saturated carbocycles. The Bertz CT molecular complexity index is 1140. The van der Waals surface area contributed by atoms with E-state index in [0.717, 1.165) is 18.1 Å². The average molecular weight is 568 g/mol. The molecule has 0 heterocycles. The second-order valence-corrected chi connectivity index (χ2v) is 12.4. The van der Waals surface area contributed by atoms with Crippen LogP contribution in [0, 0.1) is 11.6 Å². The van der Waals surface area contributed by atoms with Crippen LogP contribution >= 0.6 is 0 Å². The van der Waals surface area contributed by atoms with Crippen molar-refractivity contribution in [3.05, 3.63) is 70.8 Å². The van der Waals surface area contributed by atoms with Crippen LogP contribution in [0.15, 0.2) is 42.5 Å². The number of esters is 1. The predicted octanol–water partition coefficient (Wildman–Crippen LogP) is 3.81. The summed E-state index contributed by atoms with van der Waals surface area (Å²) in [5, 5.41) is 2.66. The van der Waals surface area contributed by atoms with Gasteiger partial charge in [0.15, 0.2) is 9.84 Å². The molecule has 0 fully saturated rings. The minimum atomic E-state index is -3.62. The number of carbonyl (C=O) groups excluding carboxylic acids is 1. The minimum Gasteiger partial charge on any atom is -0.458 e. The summed E-state index contributed by atoms with van der Waals surface area (Å²) in [6.07, 6.45) is 2.40. The second kappa shape index (κ2) is 16.0. The van der Waals surface area contributed by atoms with Gasteiger partial charge in [-0.15, -0.1) is 0 Å². The Morgan fingerprint density at radius 1 is 0.949 bits per heavy atom. The molecule has 7 nitrogen and oxygen atoms in total. The summed E-state index contributed by atoms with van der Waals surface area (Å²) in [4.78, 5) is 12.9. The lowest BCUT2D eigenvalue weighted by Crippen LogP contribution is -2.49. The van der Waals surface area contributed by atoms with Gasteiger partial charge in [-0.2, -0.15) is 0 Å². The number of nitrogens with two attached hydrogens (primary N) is 2. The third-order valence-corrected chi connectivity index (χ3v) is 8.97. The summed E-state index contributed by atoms with van der Waals surface area (Å²) < 4.78 is 59.0. The molecule has 0 saturated heterocycles. The van der Waals surface area contributed by atoms with Crippen molar-refractivity contribution >= 4 is 15.8 Å². The Morgan fingerprint density at radius 2 is 1.56 bits per heavy atom. The molecule has 5 N–H and O–H groups in total. The molecule has 0 amide bonds. The number of hydrogen-bond acceptors (Lipinski definition) is 7. The van der Waals surface area contributed by atoms with Crippen LogP contribution in [0.25, 0.3) is 0 Å². The Balaban J connectivity index is 2.14. The SMILES string of the molecule is CCCC(CCC)S(=O)(=O)CC(N)C(=O)O[C@H](CNCc1cccc(CC)c1)[C@@H](N)Cc1cc(F)cc(F)c1. The fraction of sp³-hybridized carbons (Fsp3) is 0.552. The predicted molar refractivity (Wildman–Crippen MR) is 151 cm³/mol. The molecule has 2 aromatic rings. The molecule has 3 atom stereocenters. The van der Waals surface area contributed by atoms with Crippen LogP contribution in [0.3, 0.4) is 0 Å². The lowest BCUT2D eigenvalue weighted by molar-refractivity contribution is -0.151. The largest absolute Gasteiger partial charge is 0.458 e. The van der Waals surface area contributed by atoms with E-state index in [1.807, 2.05) is 32.0 Å². The molecule has 2 rings (SSSR count). The van der Waals surface area contributed by atoms with E-state index in [9.17, 15) is 22.0 Å². The maximum atomic E-state index is 13.7. The summed E-state index contributed by atoms with van der Waals surface area (Å²) in [6, 6.07) is 8.92. The van der Waals surface area contributed by atoms with Gasteiger partial charge in [0.25, 0.3) is 0 Å². The van der Waals surface area contributed by atoms with Gasteiger partial charge in [0.05, 0.1) is 11.0 Å². The third-order valence-electron chi connectivity index (χ3n) is 6.66. The highest BCUT2D eigenvalue weighted by Gasteiger charge is 2.32. The van der Waals surface area contributed by atoms with Crippen LogP contribution in [0.4, 0.5) is 8.78 Å². The molecular weight excluding hydrogens is 524 g/mol. The van der Waals surface area contributed by atoms with Crippen molar-refractivity contribution in [1.82, 2.24) is 5.32 Å². The van der Waals surface area contributed by atoms with Gasteiger partial charge in [-0.25, -0.2) is 17.2 Å². The average Bonchev–Trinajstić information content (AvgIpc) is 2.87. The van der Waals surface area contributed by atoms with Gasteiger partial charge in [-0.05, 0) is 54.5 Å². The van der Waals surface area contributed by atoms with E-state index >= 15 is 0 Å². The zero-order valence-electron chi connectivity index (χ0n) is 23.2. The molecule has 0 aliphatic heterocycles. The molecule has 39 heavy (non-hydrogen) atoms. The Hall–Kier alpha value is -2.40. The van der Waals surface area contributed by atoms with Crippen LogP contribution in [0.1, 0.15) is 63.1 Å². The summed E-state index contributed by atoms with van der Waals surface area (Å²) in [5.74, 6) is -2.88. The zero-order chi connectivity index (χ0) is 29.0. The normalized spacial score (nSPS) is 14.3. The van der Waals surface area contributed by atoms with E-state index < -0.39 is 56.6 Å². The molecule has 2 aromatic carbocycles. The number of aryl methyl sites for hydroxylation is 1. The number of halogens is 2. The molecule has 0 aliphatic carbocycles. The molecule has 0 radical (unpaired) electrons. The number of ether oxygens (including phenoxy) is 1. The standard InChI is InChI=1S/C29H43F2N3O4S/c1-4-8-25(9-5-2)39(36,37)19-27(33)29(35)38-28(18-34-17-21-11-7-10-20(6-3)12-21)26(32)15-22-13-23(30)16-24(31)14-22/h7,10-14,16,25-28,34H,4-6,8-9,15,17-19,32-33H2,1-3H3/t26-,27?,28+/m0/s1. The van der Waals surface area contributed by atoms with Crippen molar-refractivity contribution in [2.24, 2.45) is 11.5 Å². The van der Waals surface area contributed by atoms with Crippen molar-refractivity contribution in [3.8, 4) is 0 Å². The number of sulfone groups is 1. The smallest absolute Gasteiger partial charge is 0.324 e. The fourth-order valence-electron chi connectivity index (χ4n) is 4.57. The van der Waals surface area contributed by atoms with Crippen molar-refractivity contribution in [2.45, 2.75) is 89.3 Å². The van der Waals surface area contributed by atoms with Gasteiger partial charge >= 0.3 is 5.97 Å². The topological polar surface area (TPSA) is 125 Å². The van der Waals surface area contributed by atoms with Crippen molar-refractivity contribution < 1.29 is 26.7 Å². The fourth-order valence-corrected chi connectivity index (χ4v) is 6.67. The van der Waals surface area contributed by atoms with Crippen LogP contribution in [-0.2, 0) is 38.8 Å². The second-order valence-electron chi connectivity index (χ2n) is 10.1. The van der Waals surface area contributed by atoms with E-state index in [4.69, 9.17) is 16.2 Å². The van der Waals surface area contributed by atoms with Crippen LogP contribution in [0.5, 0.6) is 0 Å². The molecule has 0 spiro atoms. The Kier molecular flexibility index (Phi) is 13.5. The first-order chi connectivity index (χ1) is 18.5. The highest BCUT2D eigenvalue weighted by Crippen LogP contribution is 2.17. The first-order valence-electron chi connectivity index (χ1n) is 13.7. The summed E-state index contributed by atoms with van der Waals surface area (Å²) >= 11 is 0. The Morgan fingerprint density at radius 3 is 2.15 bits per heavy atom. The van der Waals surface area contributed by atoms with E-state index in [2.05, 4.69) is 18.3 Å². The summed E-state index contributed by atoms with van der Waals surface area (Å²) in [5.41, 5.74) is 14.9. The summed E-state index contributed by atoms with van der Waals surface area (Å²) in [7, 11) is -3.62. The van der Waals surface area contributed by atoms with E-state index in [-0.39, 0.29) is 13.0 Å². The zero-order valence-corrected chi connectivity index (χ0v) is 24.0. The van der Waals surface area contributed by atoms with Gasteiger partial charge < -0.3 is 21.5 Å². The first-order valence-corrected chi connectivity index (χ1v) is 15.4. The van der Waals surface area contributed by atoms with Crippen LogP contribution in [-0.4, -0.2) is 50.1 Å². The van der Waals surface area contributed by atoms with Gasteiger partial charge in [0, 0.05) is 25.2 Å². The number of rotatable bonds is 17. The maximum Gasteiger partial charge on any atom is 0.324 e. The number of nitrogens with one attached hydrogen (secondary N) is 1. The number of benzene rings is 2. The molecule has 0 aromatic heterocycles. The quantitative estimate of drug-likeness (QED) is 0.248. The van der Waals surface area contributed by atoms with Gasteiger partial charge in [-0.3, -0.25) is 4.79 Å². The minimum absolute atomic E-state index is 0.0300. The highest BCUT2D eigenvalue weighted by molar-refractivity contribution is 7.92. The van der Waals surface area contributed by atoms with Crippen molar-refractivity contribution in [1.29, 1.82) is 0 Å². The van der Waals surface area contributed by atoms with Crippen molar-refractivity contribution in [2.75, 3.05) is 12.3 Å². The maximum absolute atomic E-state index is 13.7. The van der Waals surface area contributed by atoms with Crippen molar-refractivity contribution in [3.63, 3.8) is 0 Å². The van der Waals surface area contributed by atoms with Gasteiger partial charge in [-0.1, -0.05) is 57.9 Å². The summed E-state index contributed by atoms with van der Waals surface area (Å²) in [6.45, 7) is 6.49. The molecule has 1 unspecified atom stereocenters. The van der Waals surface area contributed by atoms with E-state index in [1.165, 1.54) is 17.7 Å². The van der Waals surface area contributed by atoms with Gasteiger partial charge in [0.2, 0.25) is 0 Å². The number of carbonyl (C=O) groups is 1. The van der Waals surface area contributed by atoms with E-state index in [0.29, 0.717) is 37.8 Å². The van der Waals surface area contributed by atoms with Gasteiger partial charge in [0.1, 0.15) is 23.8 Å². The Labute approximate surface area is 231 Å². The van der Waals surface area contributed by atoms with Crippen LogP contribution < -0.4 is 16.8 Å². The molecular formula is C29H43F2N3O4S. The monoisotopic (exact) mass is 567 g/mol. The molecule has 218 valence electrons. The first kappa shape index (κ1) is 32.8. The highest BCUT2D eigenvalue weighted by atomic mass is 32.2. The lowest BCUT2D eigenvalue weighted by atomic mass is 10.0. The van der Waals surface area contributed by atoms with Crippen LogP contribution in [0.2, 0.25) is 0 Å². The molecule has 0 aliphatic rings. The third kappa shape index (κ3) is 10.9. The molecule has 10 heteroatoms. The van der Waals surface area contributed by atoms with E-state index in [1.54, 1.807) is 0 Å².